The quantitative estimate of drug-likeness (QED) is 0.772. The van der Waals surface area contributed by atoms with Gasteiger partial charge in [0.15, 0.2) is 5.78 Å². The number of benzene rings is 1. The van der Waals surface area contributed by atoms with Gasteiger partial charge in [0.05, 0.1) is 0 Å². The highest BCUT2D eigenvalue weighted by molar-refractivity contribution is 5.99. The molecule has 19 heavy (non-hydrogen) atoms. The lowest BCUT2D eigenvalue weighted by atomic mass is 10.0. The third-order valence-corrected chi connectivity index (χ3v) is 4.16. The van der Waals surface area contributed by atoms with Crippen molar-refractivity contribution in [1.29, 1.82) is 0 Å². The van der Waals surface area contributed by atoms with Gasteiger partial charge in [0.2, 0.25) is 0 Å². The van der Waals surface area contributed by atoms with E-state index in [1.165, 1.54) is 5.56 Å². The number of carbonyl (C=O) groups is 1. The molecule has 0 unspecified atom stereocenters. The first-order valence-corrected chi connectivity index (χ1v) is 7.26. The Morgan fingerprint density at radius 3 is 2.63 bits per heavy atom. The Kier molecular flexibility index (Phi) is 3.67. The van der Waals surface area contributed by atoms with Gasteiger partial charge in [0.1, 0.15) is 0 Å². The number of carbonyl (C=O) groups excluding carboxylic acids is 1. The van der Waals surface area contributed by atoms with Crippen LogP contribution in [0.25, 0.3) is 0 Å². The first kappa shape index (κ1) is 12.8. The third kappa shape index (κ3) is 3.23. The molecule has 0 radical (unpaired) electrons. The highest BCUT2D eigenvalue weighted by Gasteiger charge is 2.30. The van der Waals surface area contributed by atoms with Gasteiger partial charge in [-0.3, -0.25) is 9.69 Å². The van der Waals surface area contributed by atoms with E-state index >= 15 is 0 Å². The standard InChI is InChI=1S/C16H22N2O/c1-17-7-9-18(10-8-17)12-13-3-2-4-15(11-13)16(19)14-5-6-14/h2-4,11,14H,5-10,12H2,1H3. The van der Waals surface area contributed by atoms with Gasteiger partial charge in [0, 0.05) is 44.2 Å². The number of ketones is 1. The lowest BCUT2D eigenvalue weighted by Crippen LogP contribution is -2.43. The van der Waals surface area contributed by atoms with Crippen LogP contribution in [0.4, 0.5) is 0 Å². The lowest BCUT2D eigenvalue weighted by molar-refractivity contribution is 0.0967. The van der Waals surface area contributed by atoms with Gasteiger partial charge >= 0.3 is 0 Å². The summed E-state index contributed by atoms with van der Waals surface area (Å²) in [4.78, 5) is 16.9. The van der Waals surface area contributed by atoms with Crippen molar-refractivity contribution in [2.45, 2.75) is 19.4 Å². The number of likely N-dealkylation sites (N-methyl/N-ethyl adjacent to an activating group) is 1. The Bertz CT molecular complexity index is 460. The van der Waals surface area contributed by atoms with Crippen molar-refractivity contribution in [3.05, 3.63) is 35.4 Å². The first-order chi connectivity index (χ1) is 9.22. The molecule has 2 aliphatic rings. The molecule has 1 aromatic carbocycles. The van der Waals surface area contributed by atoms with Crippen molar-refractivity contribution in [1.82, 2.24) is 9.80 Å². The summed E-state index contributed by atoms with van der Waals surface area (Å²) in [5.41, 5.74) is 2.19. The number of Topliss-reactive ketones (excluding diaryl/α,β-unsaturated/α-hetero) is 1. The minimum Gasteiger partial charge on any atom is -0.304 e. The predicted octanol–water partition coefficient (Wildman–Crippen LogP) is 2.03. The smallest absolute Gasteiger partial charge is 0.165 e. The molecule has 0 atom stereocenters. The van der Waals surface area contributed by atoms with E-state index < -0.39 is 0 Å². The van der Waals surface area contributed by atoms with Gasteiger partial charge in [-0.15, -0.1) is 0 Å². The Balaban J connectivity index is 1.64. The molecule has 0 spiro atoms. The van der Waals surface area contributed by atoms with Crippen molar-refractivity contribution >= 4 is 5.78 Å². The summed E-state index contributed by atoms with van der Waals surface area (Å²) in [6, 6.07) is 8.23. The molecule has 102 valence electrons. The fraction of sp³-hybridized carbons (Fsp3) is 0.562. The Hall–Kier alpha value is -1.19. The van der Waals surface area contributed by atoms with Crippen molar-refractivity contribution in [3.63, 3.8) is 0 Å². The van der Waals surface area contributed by atoms with Crippen LogP contribution in [0.15, 0.2) is 24.3 Å². The summed E-state index contributed by atoms with van der Waals surface area (Å²) >= 11 is 0. The summed E-state index contributed by atoms with van der Waals surface area (Å²) in [6.07, 6.45) is 2.17. The zero-order valence-electron chi connectivity index (χ0n) is 11.6. The fourth-order valence-electron chi connectivity index (χ4n) is 2.67. The maximum atomic E-state index is 12.1. The summed E-state index contributed by atoms with van der Waals surface area (Å²) < 4.78 is 0. The number of hydrogen-bond acceptors (Lipinski definition) is 3. The molecule has 1 saturated heterocycles. The second-order valence-corrected chi connectivity index (χ2v) is 5.92. The molecular weight excluding hydrogens is 236 g/mol. The Labute approximate surface area is 115 Å². The van der Waals surface area contributed by atoms with E-state index in [9.17, 15) is 4.79 Å². The van der Waals surface area contributed by atoms with Crippen LogP contribution in [-0.4, -0.2) is 48.8 Å². The van der Waals surface area contributed by atoms with Crippen LogP contribution in [-0.2, 0) is 6.54 Å². The van der Waals surface area contributed by atoms with Crippen molar-refractivity contribution < 1.29 is 4.79 Å². The first-order valence-electron chi connectivity index (χ1n) is 7.26. The van der Waals surface area contributed by atoms with Crippen LogP contribution < -0.4 is 0 Å². The van der Waals surface area contributed by atoms with E-state index in [1.807, 2.05) is 12.1 Å². The van der Waals surface area contributed by atoms with Crippen molar-refractivity contribution in [3.8, 4) is 0 Å². The SMILES string of the molecule is CN1CCN(Cc2cccc(C(=O)C3CC3)c2)CC1. The summed E-state index contributed by atoms with van der Waals surface area (Å²) in [6.45, 7) is 5.50. The summed E-state index contributed by atoms with van der Waals surface area (Å²) in [5, 5.41) is 0. The van der Waals surface area contributed by atoms with E-state index in [2.05, 4.69) is 29.0 Å². The van der Waals surface area contributed by atoms with Gasteiger partial charge in [-0.25, -0.2) is 0 Å². The summed E-state index contributed by atoms with van der Waals surface area (Å²) in [5.74, 6) is 0.666. The van der Waals surface area contributed by atoms with E-state index in [0.29, 0.717) is 11.7 Å². The molecule has 3 nitrogen and oxygen atoms in total. The predicted molar refractivity (Wildman–Crippen MR) is 76.3 cm³/mol. The second-order valence-electron chi connectivity index (χ2n) is 5.92. The molecule has 0 aromatic heterocycles. The number of hydrogen-bond donors (Lipinski definition) is 0. The van der Waals surface area contributed by atoms with Crippen LogP contribution in [0.1, 0.15) is 28.8 Å². The molecule has 0 amide bonds. The van der Waals surface area contributed by atoms with Crippen LogP contribution in [0.2, 0.25) is 0 Å². The molecule has 1 aromatic rings. The molecule has 1 saturated carbocycles. The zero-order chi connectivity index (χ0) is 13.2. The maximum Gasteiger partial charge on any atom is 0.165 e. The fourth-order valence-corrected chi connectivity index (χ4v) is 2.67. The number of rotatable bonds is 4. The van der Waals surface area contributed by atoms with Gasteiger partial charge in [-0.05, 0) is 31.5 Å². The summed E-state index contributed by atoms with van der Waals surface area (Å²) in [7, 11) is 2.17. The van der Waals surface area contributed by atoms with E-state index in [-0.39, 0.29) is 0 Å². The van der Waals surface area contributed by atoms with Gasteiger partial charge in [-0.1, -0.05) is 18.2 Å². The maximum absolute atomic E-state index is 12.1. The van der Waals surface area contributed by atoms with Gasteiger partial charge in [-0.2, -0.15) is 0 Å². The minimum absolute atomic E-state index is 0.318. The number of piperazine rings is 1. The molecule has 1 heterocycles. The van der Waals surface area contributed by atoms with Crippen LogP contribution in [0.5, 0.6) is 0 Å². The molecule has 3 heteroatoms. The number of nitrogens with zero attached hydrogens (tertiary/aromatic N) is 2. The highest BCUT2D eigenvalue weighted by atomic mass is 16.1. The van der Waals surface area contributed by atoms with Crippen LogP contribution in [0.3, 0.4) is 0 Å². The molecule has 0 N–H and O–H groups in total. The minimum atomic E-state index is 0.318. The molecule has 0 bridgehead atoms. The lowest BCUT2D eigenvalue weighted by Gasteiger charge is -2.32. The normalized spacial score (nSPS) is 21.5. The molecule has 2 fully saturated rings. The van der Waals surface area contributed by atoms with Gasteiger partial charge < -0.3 is 4.90 Å². The average molecular weight is 258 g/mol. The van der Waals surface area contributed by atoms with E-state index in [1.54, 1.807) is 0 Å². The van der Waals surface area contributed by atoms with E-state index in [4.69, 9.17) is 0 Å². The van der Waals surface area contributed by atoms with Gasteiger partial charge in [0.25, 0.3) is 0 Å². The van der Waals surface area contributed by atoms with Crippen LogP contribution in [0, 0.1) is 5.92 Å². The topological polar surface area (TPSA) is 23.6 Å². The largest absolute Gasteiger partial charge is 0.304 e. The second kappa shape index (κ2) is 5.43. The van der Waals surface area contributed by atoms with Crippen molar-refractivity contribution in [2.24, 2.45) is 5.92 Å². The molecular formula is C16H22N2O. The third-order valence-electron chi connectivity index (χ3n) is 4.16. The molecule has 1 aliphatic heterocycles. The van der Waals surface area contributed by atoms with Crippen LogP contribution >= 0.6 is 0 Å². The molecule has 3 rings (SSSR count). The Morgan fingerprint density at radius 2 is 1.95 bits per heavy atom. The highest BCUT2D eigenvalue weighted by Crippen LogP contribution is 2.32. The van der Waals surface area contributed by atoms with Crippen molar-refractivity contribution in [2.75, 3.05) is 33.2 Å². The Morgan fingerprint density at radius 1 is 1.21 bits per heavy atom. The average Bonchev–Trinajstić information content (AvgIpc) is 3.25. The van der Waals surface area contributed by atoms with E-state index in [0.717, 1.165) is 51.1 Å². The monoisotopic (exact) mass is 258 g/mol. The molecule has 1 aliphatic carbocycles. The zero-order valence-corrected chi connectivity index (χ0v) is 11.6.